The number of nitrogens with one attached hydrogen (secondary N) is 1. The Bertz CT molecular complexity index is 1190. The molecule has 1 saturated heterocycles. The number of aliphatic hydroxyl groups excluding tert-OH is 5. The predicted octanol–water partition coefficient (Wildman–Crippen LogP) is 17.5. The summed E-state index contributed by atoms with van der Waals surface area (Å²) in [6.07, 6.45) is 64.9. The minimum Gasteiger partial charge on any atom is -0.394 e. The van der Waals surface area contributed by atoms with Gasteiger partial charge in [0.2, 0.25) is 5.91 Å². The molecular weight excluding hydrogens is 935 g/mol. The molecule has 446 valence electrons. The molecule has 1 fully saturated rings. The molecule has 9 nitrogen and oxygen atoms in total. The van der Waals surface area contributed by atoms with E-state index < -0.39 is 49.5 Å². The van der Waals surface area contributed by atoms with Crippen LogP contribution >= 0.6 is 0 Å². The second kappa shape index (κ2) is 56.2. The first-order valence-corrected chi connectivity index (χ1v) is 33.4. The fourth-order valence-electron chi connectivity index (χ4n) is 11.1. The summed E-state index contributed by atoms with van der Waals surface area (Å²) in [5, 5.41) is 54.5. The topological polar surface area (TPSA) is 149 Å². The summed E-state index contributed by atoms with van der Waals surface area (Å²) >= 11 is 0. The van der Waals surface area contributed by atoms with Crippen molar-refractivity contribution < 1.29 is 39.8 Å². The minimum atomic E-state index is -1.56. The largest absolute Gasteiger partial charge is 0.394 e. The number of unbranched alkanes of at least 4 members (excludes halogenated alkanes) is 49. The molecule has 6 N–H and O–H groups in total. The fraction of sp³-hybridized carbons (Fsp3) is 0.955. The Balaban J connectivity index is 2.00. The van der Waals surface area contributed by atoms with E-state index in [1.165, 1.54) is 289 Å². The number of hydrogen-bond acceptors (Lipinski definition) is 8. The average molecular weight is 1060 g/mol. The molecule has 0 aromatic rings. The van der Waals surface area contributed by atoms with Crippen LogP contribution in [0, 0.1) is 0 Å². The summed E-state index contributed by atoms with van der Waals surface area (Å²) in [7, 11) is 0. The number of hydrogen-bond donors (Lipinski definition) is 6. The molecule has 0 bridgehead atoms. The van der Waals surface area contributed by atoms with E-state index in [-0.39, 0.29) is 12.5 Å². The van der Waals surface area contributed by atoms with E-state index in [1.807, 2.05) is 6.08 Å². The average Bonchev–Trinajstić information content (AvgIpc) is 3.41. The third-order valence-corrected chi connectivity index (χ3v) is 16.4. The van der Waals surface area contributed by atoms with Crippen molar-refractivity contribution in [3.63, 3.8) is 0 Å². The van der Waals surface area contributed by atoms with E-state index in [0.717, 1.165) is 38.5 Å². The van der Waals surface area contributed by atoms with Crippen molar-refractivity contribution >= 4 is 5.91 Å². The molecule has 75 heavy (non-hydrogen) atoms. The lowest BCUT2D eigenvalue weighted by atomic mass is 9.99. The highest BCUT2D eigenvalue weighted by molar-refractivity contribution is 5.76. The molecule has 7 atom stereocenters. The van der Waals surface area contributed by atoms with Gasteiger partial charge < -0.3 is 40.3 Å². The predicted molar refractivity (Wildman–Crippen MR) is 318 cm³/mol. The van der Waals surface area contributed by atoms with Gasteiger partial charge in [-0.1, -0.05) is 334 Å². The summed E-state index contributed by atoms with van der Waals surface area (Å²) in [6, 6.07) is -0.800. The Morgan fingerprint density at radius 3 is 1.04 bits per heavy atom. The van der Waals surface area contributed by atoms with E-state index in [2.05, 4.69) is 19.2 Å². The zero-order chi connectivity index (χ0) is 54.3. The second-order valence-electron chi connectivity index (χ2n) is 23.6. The number of aliphatic hydroxyl groups is 5. The standard InChI is InChI=1S/C66H129NO8/c1-3-5-7-9-11-13-15-17-18-19-20-21-22-23-24-25-26-27-28-29-30-31-32-33-34-35-36-37-38-39-40-41-42-44-46-48-50-52-54-56-62(70)67-59(58-74-66-65(73)64(72)63(71)61(57-68)75-66)60(69)55-53-51-49-47-45-43-16-14-12-10-8-6-4-2/h53,55,59-61,63-66,68-69,71-73H,3-52,54,56-58H2,1-2H3,(H,67,70)/b55-53+. The van der Waals surface area contributed by atoms with Crippen LogP contribution in [-0.2, 0) is 14.3 Å². The molecule has 0 radical (unpaired) electrons. The minimum absolute atomic E-state index is 0.170. The monoisotopic (exact) mass is 1060 g/mol. The maximum Gasteiger partial charge on any atom is 0.220 e. The number of rotatable bonds is 59. The number of allylic oxidation sites excluding steroid dienone is 1. The van der Waals surface area contributed by atoms with Crippen LogP contribution in [-0.4, -0.2) is 87.5 Å². The van der Waals surface area contributed by atoms with Gasteiger partial charge in [-0.05, 0) is 19.3 Å². The first-order valence-electron chi connectivity index (χ1n) is 33.4. The molecule has 0 aliphatic carbocycles. The van der Waals surface area contributed by atoms with E-state index in [1.54, 1.807) is 6.08 Å². The van der Waals surface area contributed by atoms with Crippen LogP contribution < -0.4 is 5.32 Å². The smallest absolute Gasteiger partial charge is 0.220 e. The van der Waals surface area contributed by atoms with Gasteiger partial charge in [0.05, 0.1) is 25.4 Å². The molecule has 1 rings (SSSR count). The van der Waals surface area contributed by atoms with Gasteiger partial charge in [0.25, 0.3) is 0 Å². The summed E-state index contributed by atoms with van der Waals surface area (Å²) in [4.78, 5) is 13.1. The van der Waals surface area contributed by atoms with Crippen LogP contribution in [0.3, 0.4) is 0 Å². The fourth-order valence-corrected chi connectivity index (χ4v) is 11.1. The van der Waals surface area contributed by atoms with Crippen molar-refractivity contribution in [1.82, 2.24) is 5.32 Å². The number of amides is 1. The van der Waals surface area contributed by atoms with Crippen molar-refractivity contribution in [3.8, 4) is 0 Å². The molecule has 7 unspecified atom stereocenters. The Kier molecular flexibility index (Phi) is 53.9. The van der Waals surface area contributed by atoms with Crippen molar-refractivity contribution in [2.75, 3.05) is 13.2 Å². The van der Waals surface area contributed by atoms with Gasteiger partial charge in [-0.3, -0.25) is 4.79 Å². The number of ether oxygens (including phenoxy) is 2. The van der Waals surface area contributed by atoms with Crippen LogP contribution in [0.1, 0.15) is 348 Å². The first kappa shape index (κ1) is 71.9. The molecular formula is C66H129NO8. The number of carbonyl (C=O) groups is 1. The normalized spacial score (nSPS) is 18.8. The SMILES string of the molecule is CCCCCCCCCCCCC/C=C/C(O)C(COC1OC(CO)C(O)C(O)C1O)NC(=O)CCCCCCCCCCCCCCCCCCCCCCCCCCCCCCCCCCCCCCCCC. The lowest BCUT2D eigenvalue weighted by molar-refractivity contribution is -0.302. The molecule has 9 heteroatoms. The molecule has 1 amide bonds. The summed E-state index contributed by atoms with van der Waals surface area (Å²) < 4.78 is 11.3. The van der Waals surface area contributed by atoms with Gasteiger partial charge in [-0.25, -0.2) is 0 Å². The van der Waals surface area contributed by atoms with Crippen molar-refractivity contribution in [2.45, 2.75) is 391 Å². The Morgan fingerprint density at radius 1 is 0.440 bits per heavy atom. The van der Waals surface area contributed by atoms with Crippen molar-refractivity contribution in [2.24, 2.45) is 0 Å². The molecule has 0 saturated carbocycles. The van der Waals surface area contributed by atoms with Gasteiger partial charge in [0.15, 0.2) is 6.29 Å². The van der Waals surface area contributed by atoms with Crippen molar-refractivity contribution in [1.29, 1.82) is 0 Å². The van der Waals surface area contributed by atoms with Gasteiger partial charge in [0, 0.05) is 6.42 Å². The van der Waals surface area contributed by atoms with Gasteiger partial charge in [-0.2, -0.15) is 0 Å². The van der Waals surface area contributed by atoms with Crippen LogP contribution in [0.25, 0.3) is 0 Å². The van der Waals surface area contributed by atoms with Gasteiger partial charge in [-0.15, -0.1) is 0 Å². The maximum atomic E-state index is 13.1. The molecule has 1 aliphatic rings. The highest BCUT2D eigenvalue weighted by Gasteiger charge is 2.44. The zero-order valence-corrected chi connectivity index (χ0v) is 49.8. The molecule has 0 aromatic carbocycles. The molecule has 1 aliphatic heterocycles. The van der Waals surface area contributed by atoms with Crippen LogP contribution in [0.2, 0.25) is 0 Å². The molecule has 0 aromatic heterocycles. The van der Waals surface area contributed by atoms with E-state index in [9.17, 15) is 30.3 Å². The van der Waals surface area contributed by atoms with Crippen LogP contribution in [0.4, 0.5) is 0 Å². The highest BCUT2D eigenvalue weighted by atomic mass is 16.7. The Morgan fingerprint density at radius 2 is 0.733 bits per heavy atom. The van der Waals surface area contributed by atoms with Crippen LogP contribution in [0.15, 0.2) is 12.2 Å². The zero-order valence-electron chi connectivity index (χ0n) is 49.8. The second-order valence-corrected chi connectivity index (χ2v) is 23.6. The third-order valence-electron chi connectivity index (χ3n) is 16.4. The van der Waals surface area contributed by atoms with Crippen LogP contribution in [0.5, 0.6) is 0 Å². The summed E-state index contributed by atoms with van der Waals surface area (Å²) in [5.74, 6) is -0.170. The lowest BCUT2D eigenvalue weighted by Gasteiger charge is -2.40. The Hall–Kier alpha value is -1.07. The Labute approximate surface area is 465 Å². The van der Waals surface area contributed by atoms with Gasteiger partial charge in [0.1, 0.15) is 24.4 Å². The lowest BCUT2D eigenvalue weighted by Crippen LogP contribution is -2.60. The number of carbonyl (C=O) groups excluding carboxylic acids is 1. The summed E-state index contributed by atoms with van der Waals surface area (Å²) in [5.41, 5.74) is 0. The highest BCUT2D eigenvalue weighted by Crippen LogP contribution is 2.23. The quantitative estimate of drug-likeness (QED) is 0.0261. The summed E-state index contributed by atoms with van der Waals surface area (Å²) in [6.45, 7) is 3.81. The van der Waals surface area contributed by atoms with E-state index in [4.69, 9.17) is 9.47 Å². The molecule has 1 heterocycles. The van der Waals surface area contributed by atoms with Crippen molar-refractivity contribution in [3.05, 3.63) is 12.2 Å². The van der Waals surface area contributed by atoms with E-state index in [0.29, 0.717) is 6.42 Å². The van der Waals surface area contributed by atoms with E-state index >= 15 is 0 Å². The first-order chi connectivity index (χ1) is 36.8. The molecule has 0 spiro atoms. The third kappa shape index (κ3) is 45.4. The van der Waals surface area contributed by atoms with Gasteiger partial charge >= 0.3 is 0 Å². The maximum absolute atomic E-state index is 13.1.